The second-order valence-corrected chi connectivity index (χ2v) is 11.0. The highest BCUT2D eigenvalue weighted by Crippen LogP contribution is 2.47. The van der Waals surface area contributed by atoms with E-state index < -0.39 is 6.17 Å². The van der Waals surface area contributed by atoms with Crippen molar-refractivity contribution in [3.63, 3.8) is 0 Å². The molecule has 4 heterocycles. The van der Waals surface area contributed by atoms with E-state index in [1.165, 1.54) is 0 Å². The van der Waals surface area contributed by atoms with Gasteiger partial charge >= 0.3 is 0 Å². The lowest BCUT2D eigenvalue weighted by Crippen LogP contribution is -1.99. The molecule has 1 unspecified atom stereocenters. The Bertz CT molecular complexity index is 2180. The van der Waals surface area contributed by atoms with Gasteiger partial charge in [0, 0.05) is 54.5 Å². The van der Waals surface area contributed by atoms with Crippen molar-refractivity contribution in [3.8, 4) is 17.1 Å². The largest absolute Gasteiger partial charge is 0.294 e. The molecule has 0 aliphatic carbocycles. The predicted molar refractivity (Wildman–Crippen MR) is 164 cm³/mol. The number of aromatic nitrogens is 3. The fourth-order valence-electron chi connectivity index (χ4n) is 5.86. The Morgan fingerprint density at radius 2 is 1.43 bits per heavy atom. The average Bonchev–Trinajstić information content (AvgIpc) is 3.57. The Labute approximate surface area is 233 Å². The second-order valence-electron chi connectivity index (χ2n) is 9.91. The first-order valence-corrected chi connectivity index (χ1v) is 14.0. The summed E-state index contributed by atoms with van der Waals surface area (Å²) in [5.41, 5.74) is 5.02. The van der Waals surface area contributed by atoms with E-state index >= 15 is 4.39 Å². The maximum Gasteiger partial charge on any atom is 0.152 e. The lowest BCUT2D eigenvalue weighted by molar-refractivity contribution is 0.405. The van der Waals surface area contributed by atoms with Gasteiger partial charge in [-0.15, -0.1) is 11.3 Å². The van der Waals surface area contributed by atoms with Crippen molar-refractivity contribution in [1.29, 1.82) is 0 Å². The van der Waals surface area contributed by atoms with Crippen molar-refractivity contribution in [1.82, 2.24) is 14.5 Å². The highest BCUT2D eigenvalue weighted by molar-refractivity contribution is 7.26. The van der Waals surface area contributed by atoms with Crippen LogP contribution in [-0.4, -0.2) is 14.5 Å². The molecule has 40 heavy (non-hydrogen) atoms. The Balaban J connectivity index is 1.47. The van der Waals surface area contributed by atoms with Crippen LogP contribution in [0, 0.1) is 0 Å². The van der Waals surface area contributed by atoms with Crippen LogP contribution in [0.1, 0.15) is 17.3 Å². The summed E-state index contributed by atoms with van der Waals surface area (Å²) in [5, 5.41) is 4.51. The van der Waals surface area contributed by atoms with E-state index in [0.29, 0.717) is 11.1 Å². The SMILES string of the molecule is FC(c1cccc(-c2ccccn2)c1)c1cc2c(c3ccccc3n2-c2ccccn2)c2c1sc1ccccc12. The molecule has 0 aliphatic rings. The Hall–Kier alpha value is -4.87. The zero-order valence-corrected chi connectivity index (χ0v) is 22.1. The highest BCUT2D eigenvalue weighted by atomic mass is 32.1. The summed E-state index contributed by atoms with van der Waals surface area (Å²) in [7, 11) is 0. The summed E-state index contributed by atoms with van der Waals surface area (Å²) in [6, 6.07) is 38.2. The van der Waals surface area contributed by atoms with E-state index in [1.54, 1.807) is 23.7 Å². The number of halogens is 1. The molecule has 0 saturated heterocycles. The second kappa shape index (κ2) is 9.11. The van der Waals surface area contributed by atoms with Crippen LogP contribution in [-0.2, 0) is 0 Å². The number of benzene rings is 4. The summed E-state index contributed by atoms with van der Waals surface area (Å²) in [6.07, 6.45) is 2.25. The maximum atomic E-state index is 16.9. The number of thiophene rings is 1. The molecule has 0 aliphatic heterocycles. The van der Waals surface area contributed by atoms with E-state index in [4.69, 9.17) is 4.98 Å². The maximum absolute atomic E-state index is 16.9. The van der Waals surface area contributed by atoms with Gasteiger partial charge in [-0.25, -0.2) is 9.37 Å². The van der Waals surface area contributed by atoms with Crippen LogP contribution >= 0.6 is 11.3 Å². The normalized spacial score (nSPS) is 12.5. The summed E-state index contributed by atoms with van der Waals surface area (Å²) in [4.78, 5) is 9.17. The molecular weight excluding hydrogens is 513 g/mol. The van der Waals surface area contributed by atoms with E-state index in [9.17, 15) is 0 Å². The number of rotatable bonds is 4. The molecule has 8 aromatic rings. The minimum Gasteiger partial charge on any atom is -0.294 e. The first-order chi connectivity index (χ1) is 19.8. The van der Waals surface area contributed by atoms with Crippen molar-refractivity contribution in [3.05, 3.63) is 139 Å². The van der Waals surface area contributed by atoms with Crippen LogP contribution in [0.3, 0.4) is 0 Å². The number of fused-ring (bicyclic) bond motifs is 7. The first kappa shape index (κ1) is 23.1. The zero-order valence-electron chi connectivity index (χ0n) is 21.3. The van der Waals surface area contributed by atoms with Crippen LogP contribution in [0.5, 0.6) is 0 Å². The van der Waals surface area contributed by atoms with Gasteiger partial charge in [0.05, 0.1) is 16.7 Å². The fraction of sp³-hybridized carbons (Fsp3) is 0.0286. The number of hydrogen-bond acceptors (Lipinski definition) is 3. The quantitative estimate of drug-likeness (QED) is 0.225. The molecule has 190 valence electrons. The van der Waals surface area contributed by atoms with Gasteiger partial charge < -0.3 is 0 Å². The zero-order chi connectivity index (χ0) is 26.6. The van der Waals surface area contributed by atoms with E-state index in [1.807, 2.05) is 72.8 Å². The summed E-state index contributed by atoms with van der Waals surface area (Å²) in [5.74, 6) is 0.811. The van der Waals surface area contributed by atoms with Crippen LogP contribution in [0.2, 0.25) is 0 Å². The molecule has 4 aromatic carbocycles. The molecule has 0 radical (unpaired) electrons. The third kappa shape index (κ3) is 3.48. The number of alkyl halides is 1. The van der Waals surface area contributed by atoms with Gasteiger partial charge in [0.25, 0.3) is 0 Å². The van der Waals surface area contributed by atoms with Crippen LogP contribution in [0.15, 0.2) is 128 Å². The summed E-state index contributed by atoms with van der Waals surface area (Å²) >= 11 is 1.66. The third-order valence-corrected chi connectivity index (χ3v) is 8.82. The van der Waals surface area contributed by atoms with Gasteiger partial charge in [-0.05, 0) is 54.1 Å². The van der Waals surface area contributed by atoms with Gasteiger partial charge in [0.1, 0.15) is 5.82 Å². The van der Waals surface area contributed by atoms with Crippen LogP contribution in [0.4, 0.5) is 4.39 Å². The molecule has 0 N–H and O–H groups in total. The Kier molecular flexibility index (Phi) is 5.25. The molecule has 0 amide bonds. The summed E-state index contributed by atoms with van der Waals surface area (Å²) < 4.78 is 21.2. The molecule has 4 aromatic heterocycles. The van der Waals surface area contributed by atoms with E-state index in [-0.39, 0.29) is 0 Å². The molecule has 0 fully saturated rings. The van der Waals surface area contributed by atoms with Crippen molar-refractivity contribution in [2.45, 2.75) is 6.17 Å². The van der Waals surface area contributed by atoms with Gasteiger partial charge in [0.15, 0.2) is 6.17 Å². The van der Waals surface area contributed by atoms with Gasteiger partial charge in [0.2, 0.25) is 0 Å². The van der Waals surface area contributed by atoms with Crippen molar-refractivity contribution in [2.24, 2.45) is 0 Å². The molecular formula is C35H22FN3S. The fourth-order valence-corrected chi connectivity index (χ4v) is 7.10. The van der Waals surface area contributed by atoms with Crippen LogP contribution in [0.25, 0.3) is 59.1 Å². The van der Waals surface area contributed by atoms with Crippen LogP contribution < -0.4 is 0 Å². The van der Waals surface area contributed by atoms with Gasteiger partial charge in [-0.1, -0.05) is 66.7 Å². The Morgan fingerprint density at radius 1 is 0.650 bits per heavy atom. The molecule has 5 heteroatoms. The molecule has 1 atom stereocenters. The number of pyridine rings is 2. The van der Waals surface area contributed by atoms with E-state index in [2.05, 4.69) is 52.0 Å². The average molecular weight is 536 g/mol. The minimum absolute atomic E-state index is 0.613. The number of para-hydroxylation sites is 1. The molecule has 0 bridgehead atoms. The topological polar surface area (TPSA) is 30.7 Å². The van der Waals surface area contributed by atoms with Gasteiger partial charge in [-0.2, -0.15) is 0 Å². The lowest BCUT2D eigenvalue weighted by Gasteiger charge is -2.14. The van der Waals surface area contributed by atoms with Crippen molar-refractivity contribution >= 4 is 53.3 Å². The smallest absolute Gasteiger partial charge is 0.152 e. The van der Waals surface area contributed by atoms with E-state index in [0.717, 1.165) is 59.1 Å². The molecule has 8 rings (SSSR count). The molecule has 3 nitrogen and oxygen atoms in total. The van der Waals surface area contributed by atoms with Gasteiger partial charge in [-0.3, -0.25) is 9.55 Å². The molecule has 0 spiro atoms. The number of nitrogens with zero attached hydrogens (tertiary/aromatic N) is 3. The third-order valence-electron chi connectivity index (χ3n) is 7.60. The molecule has 0 saturated carbocycles. The Morgan fingerprint density at radius 3 is 2.25 bits per heavy atom. The first-order valence-electron chi connectivity index (χ1n) is 13.2. The standard InChI is InChI=1S/C35H22FN3S/c36-34(23-11-9-10-22(20-23)27-14-5-7-18-37-27)26-21-29-32(33-25-13-2-4-16-30(25)40-35(26)33)24-12-1-3-15-28(24)39(29)31-17-6-8-19-38-31/h1-21,34H. The predicted octanol–water partition coefficient (Wildman–Crippen LogP) is 9.67. The highest BCUT2D eigenvalue weighted by Gasteiger charge is 2.25. The lowest BCUT2D eigenvalue weighted by atomic mass is 9.96. The minimum atomic E-state index is -1.32. The van der Waals surface area contributed by atoms with Crippen molar-refractivity contribution < 1.29 is 4.39 Å². The van der Waals surface area contributed by atoms with Crippen molar-refractivity contribution in [2.75, 3.05) is 0 Å². The monoisotopic (exact) mass is 535 g/mol. The summed E-state index contributed by atoms with van der Waals surface area (Å²) in [6.45, 7) is 0. The number of hydrogen-bond donors (Lipinski definition) is 0.